The zero-order valence-corrected chi connectivity index (χ0v) is 24.7. The van der Waals surface area contributed by atoms with E-state index in [1.54, 1.807) is 36.4 Å². The molecule has 2 aromatic rings. The van der Waals surface area contributed by atoms with E-state index < -0.39 is 20.7 Å². The molecule has 0 unspecified atom stereocenters. The summed E-state index contributed by atoms with van der Waals surface area (Å²) in [5.74, 6) is -0.0947. The average molecular weight is 562 g/mol. The summed E-state index contributed by atoms with van der Waals surface area (Å²) >= 11 is 0. The van der Waals surface area contributed by atoms with Crippen LogP contribution in [0.2, 0.25) is 0 Å². The number of Topliss-reactive ketones (excluding diaryl/α,β-unsaturated/α-hetero) is 1. The molecule has 3 atom stereocenters. The van der Waals surface area contributed by atoms with E-state index in [1.165, 1.54) is 0 Å². The summed E-state index contributed by atoms with van der Waals surface area (Å²) in [6.07, 6.45) is 6.18. The van der Waals surface area contributed by atoms with Crippen LogP contribution in [0.1, 0.15) is 65.4 Å². The highest BCUT2D eigenvalue weighted by Crippen LogP contribution is 2.46. The third-order valence-corrected chi connectivity index (χ3v) is 10.2. The lowest BCUT2D eigenvalue weighted by molar-refractivity contribution is -0.121. The number of allylic oxidation sites excluding steroid dienone is 1. The van der Waals surface area contributed by atoms with Gasteiger partial charge in [-0.05, 0) is 50.3 Å². The van der Waals surface area contributed by atoms with Gasteiger partial charge in [0.05, 0.1) is 29.4 Å². The van der Waals surface area contributed by atoms with Gasteiger partial charge in [-0.3, -0.25) is 4.79 Å². The second kappa shape index (κ2) is 12.2. The average Bonchev–Trinajstić information content (AvgIpc) is 2.90. The fraction of sp³-hybridized carbons (Fsp3) is 0.455. The van der Waals surface area contributed by atoms with Gasteiger partial charge in [-0.25, -0.2) is 18.2 Å². The molecule has 40 heavy (non-hydrogen) atoms. The lowest BCUT2D eigenvalue weighted by Gasteiger charge is -2.42. The number of ether oxygens (including phenoxy) is 1. The predicted octanol–water partition coefficient (Wildman–Crippen LogP) is 6.57. The van der Waals surface area contributed by atoms with Gasteiger partial charge in [0.15, 0.2) is 15.6 Å². The first-order chi connectivity index (χ1) is 19.0. The molecule has 7 heteroatoms. The fourth-order valence-corrected chi connectivity index (χ4v) is 7.89. The van der Waals surface area contributed by atoms with Crippen LogP contribution in [0.4, 0.5) is 0 Å². The Kier molecular flexibility index (Phi) is 9.09. The Morgan fingerprint density at radius 1 is 1.00 bits per heavy atom. The fourth-order valence-electron chi connectivity index (χ4n) is 6.43. The van der Waals surface area contributed by atoms with Gasteiger partial charge in [-0.1, -0.05) is 86.5 Å². The van der Waals surface area contributed by atoms with Crippen molar-refractivity contribution in [3.8, 4) is 0 Å². The van der Waals surface area contributed by atoms with Gasteiger partial charge < -0.3 is 4.74 Å². The van der Waals surface area contributed by atoms with Crippen molar-refractivity contribution in [2.24, 2.45) is 15.8 Å². The molecule has 0 saturated carbocycles. The summed E-state index contributed by atoms with van der Waals surface area (Å²) in [5.41, 5.74) is 2.25. The van der Waals surface area contributed by atoms with Crippen molar-refractivity contribution in [3.63, 3.8) is 0 Å². The topological polar surface area (TPSA) is 89.9 Å². The molecule has 212 valence electrons. The second-order valence-electron chi connectivity index (χ2n) is 12.0. The van der Waals surface area contributed by atoms with E-state index in [9.17, 15) is 18.0 Å². The molecule has 0 heterocycles. The Hall–Kier alpha value is -3.12. The molecule has 0 spiro atoms. The van der Waals surface area contributed by atoms with Crippen LogP contribution < -0.4 is 0 Å². The van der Waals surface area contributed by atoms with Crippen LogP contribution in [-0.2, 0) is 30.8 Å². The number of carbonyl (C=O) groups is 1. The first-order valence-electron chi connectivity index (χ1n) is 13.9. The van der Waals surface area contributed by atoms with E-state index in [4.69, 9.17) is 4.74 Å². The lowest BCUT2D eigenvalue weighted by Crippen LogP contribution is -2.42. The lowest BCUT2D eigenvalue weighted by atomic mass is 9.64. The molecule has 6 nitrogen and oxygen atoms in total. The monoisotopic (exact) mass is 561 g/mol. The van der Waals surface area contributed by atoms with Crippen molar-refractivity contribution in [2.45, 2.75) is 83.4 Å². The quantitative estimate of drug-likeness (QED) is 0.186. The first-order valence-corrected chi connectivity index (χ1v) is 15.6. The van der Waals surface area contributed by atoms with Gasteiger partial charge in [-0.2, -0.15) is 0 Å². The van der Waals surface area contributed by atoms with E-state index in [1.807, 2.05) is 64.1 Å². The number of ketones is 1. The summed E-state index contributed by atoms with van der Waals surface area (Å²) in [6, 6.07) is 18.1. The van der Waals surface area contributed by atoms with Crippen molar-refractivity contribution in [3.05, 3.63) is 89.0 Å². The standard InChI is InChI=1S/C33H39NO5S/c1-24-15-17-29(34-23-35)32(2,3)31(24)28(36)20-33(4)19-26(22-40(37,38)27-13-9-6-10-14-27)16-18-30(33)39-21-25-11-7-5-8-12-25/h5-14,19,29-30H,15-18,20-22H2,1-4H3/t29-,30+,33-/m1/s1. The van der Waals surface area contributed by atoms with Crippen LogP contribution >= 0.6 is 0 Å². The highest BCUT2D eigenvalue weighted by Gasteiger charge is 2.45. The maximum atomic E-state index is 14.1. The van der Waals surface area contributed by atoms with Gasteiger partial charge in [0.25, 0.3) is 0 Å². The van der Waals surface area contributed by atoms with E-state index in [0.717, 1.165) is 16.7 Å². The van der Waals surface area contributed by atoms with Gasteiger partial charge in [0.2, 0.25) is 6.08 Å². The SMILES string of the molecule is CC1=C(C(=O)C[C@@]2(C)C=C(CS(=O)(=O)c3ccccc3)CC[C@@H]2OCc2ccccc2)C(C)(C)[C@H](N=C=O)CC1. The Balaban J connectivity index is 1.65. The number of benzene rings is 2. The normalized spacial score (nSPS) is 24.6. The number of aliphatic imine (C=N–C) groups is 1. The van der Waals surface area contributed by atoms with Gasteiger partial charge >= 0.3 is 0 Å². The van der Waals surface area contributed by atoms with Crippen LogP contribution in [0, 0.1) is 10.8 Å². The van der Waals surface area contributed by atoms with Crippen molar-refractivity contribution < 1.29 is 22.7 Å². The Morgan fingerprint density at radius 3 is 2.30 bits per heavy atom. The molecule has 0 aliphatic heterocycles. The number of hydrogen-bond donors (Lipinski definition) is 0. The zero-order chi connectivity index (χ0) is 29.0. The van der Waals surface area contributed by atoms with Gasteiger partial charge in [0.1, 0.15) is 0 Å². The molecular formula is C33H39NO5S. The van der Waals surface area contributed by atoms with Crippen LogP contribution in [0.3, 0.4) is 0 Å². The Bertz CT molecular complexity index is 1440. The maximum Gasteiger partial charge on any atom is 0.235 e. The van der Waals surface area contributed by atoms with Crippen LogP contribution in [0.5, 0.6) is 0 Å². The molecule has 0 saturated heterocycles. The minimum atomic E-state index is -3.53. The summed E-state index contributed by atoms with van der Waals surface area (Å²) in [7, 11) is -3.53. The van der Waals surface area contributed by atoms with Gasteiger partial charge in [-0.15, -0.1) is 0 Å². The third kappa shape index (κ3) is 6.60. The molecule has 0 N–H and O–H groups in total. The molecular weight excluding hydrogens is 522 g/mol. The smallest absolute Gasteiger partial charge is 0.235 e. The molecule has 0 amide bonds. The number of rotatable bonds is 10. The minimum Gasteiger partial charge on any atom is -0.373 e. The minimum absolute atomic E-state index is 0.00692. The molecule has 0 aromatic heterocycles. The molecule has 0 bridgehead atoms. The van der Waals surface area contributed by atoms with Crippen LogP contribution in [-0.4, -0.2) is 38.2 Å². The van der Waals surface area contributed by atoms with E-state index in [2.05, 4.69) is 4.99 Å². The van der Waals surface area contributed by atoms with Gasteiger partial charge in [0, 0.05) is 22.8 Å². The number of nitrogens with zero attached hydrogens (tertiary/aromatic N) is 1. The second-order valence-corrected chi connectivity index (χ2v) is 13.9. The molecule has 0 radical (unpaired) electrons. The van der Waals surface area contributed by atoms with E-state index >= 15 is 0 Å². The molecule has 0 fully saturated rings. The van der Waals surface area contributed by atoms with Crippen molar-refractivity contribution >= 4 is 21.7 Å². The van der Waals surface area contributed by atoms with Crippen LogP contribution in [0.25, 0.3) is 0 Å². The summed E-state index contributed by atoms with van der Waals surface area (Å²) in [5, 5.41) is 0. The summed E-state index contributed by atoms with van der Waals surface area (Å²) in [4.78, 5) is 29.5. The van der Waals surface area contributed by atoms with Crippen molar-refractivity contribution in [1.82, 2.24) is 0 Å². The van der Waals surface area contributed by atoms with Crippen LogP contribution in [0.15, 0.2) is 93.3 Å². The predicted molar refractivity (Wildman–Crippen MR) is 156 cm³/mol. The number of isocyanates is 1. The van der Waals surface area contributed by atoms with E-state index in [0.29, 0.717) is 42.8 Å². The molecule has 2 aliphatic rings. The first kappa shape index (κ1) is 29.9. The Morgan fingerprint density at radius 2 is 1.65 bits per heavy atom. The van der Waals surface area contributed by atoms with E-state index in [-0.39, 0.29) is 30.1 Å². The number of carbonyl (C=O) groups excluding carboxylic acids is 2. The number of hydrogen-bond acceptors (Lipinski definition) is 6. The maximum absolute atomic E-state index is 14.1. The largest absolute Gasteiger partial charge is 0.373 e. The zero-order valence-electron chi connectivity index (χ0n) is 23.9. The summed E-state index contributed by atoms with van der Waals surface area (Å²) in [6.45, 7) is 8.32. The van der Waals surface area contributed by atoms with Crippen molar-refractivity contribution in [2.75, 3.05) is 5.75 Å². The molecule has 2 aromatic carbocycles. The third-order valence-electron chi connectivity index (χ3n) is 8.49. The highest BCUT2D eigenvalue weighted by atomic mass is 32.2. The molecule has 2 aliphatic carbocycles. The molecule has 4 rings (SSSR count). The van der Waals surface area contributed by atoms with Crippen molar-refractivity contribution in [1.29, 1.82) is 0 Å². The highest BCUT2D eigenvalue weighted by molar-refractivity contribution is 7.91. The Labute approximate surface area is 238 Å². The number of sulfone groups is 1. The summed E-state index contributed by atoms with van der Waals surface area (Å²) < 4.78 is 32.9.